The maximum atomic E-state index is 13.4. The van der Waals surface area contributed by atoms with Crippen LogP contribution in [0.5, 0.6) is 0 Å². The fraction of sp³-hybridized carbons (Fsp3) is 0.643. The first-order valence-corrected chi connectivity index (χ1v) is 13.7. The summed E-state index contributed by atoms with van der Waals surface area (Å²) in [4.78, 5) is 45.7. The van der Waals surface area contributed by atoms with E-state index in [0.29, 0.717) is 52.0 Å². The third-order valence-corrected chi connectivity index (χ3v) is 7.86. The number of amides is 3. The molecule has 2 fully saturated rings. The van der Waals surface area contributed by atoms with Crippen LogP contribution < -0.4 is 10.6 Å². The average molecular weight is 512 g/mol. The summed E-state index contributed by atoms with van der Waals surface area (Å²) in [6, 6.07) is 7.33. The molecule has 2 aliphatic heterocycles. The number of carbonyl (C=O) groups is 3. The van der Waals surface area contributed by atoms with E-state index >= 15 is 0 Å². The van der Waals surface area contributed by atoms with Crippen LogP contribution in [0.25, 0.3) is 11.0 Å². The van der Waals surface area contributed by atoms with E-state index in [9.17, 15) is 14.4 Å². The number of rotatable bonds is 4. The second kappa shape index (κ2) is 12.1. The lowest BCUT2D eigenvalue weighted by Gasteiger charge is -2.41. The molecule has 4 rings (SSSR count). The molecule has 0 bridgehead atoms. The Morgan fingerprint density at radius 3 is 2.62 bits per heavy atom. The molecule has 3 heterocycles. The zero-order valence-electron chi connectivity index (χ0n) is 22.4. The lowest BCUT2D eigenvalue weighted by Crippen LogP contribution is -2.55. The van der Waals surface area contributed by atoms with Crippen molar-refractivity contribution < 1.29 is 19.1 Å². The van der Waals surface area contributed by atoms with Crippen molar-refractivity contribution in [1.82, 2.24) is 25.1 Å². The summed E-state index contributed by atoms with van der Waals surface area (Å²) in [5.74, 6) is 0.755. The summed E-state index contributed by atoms with van der Waals surface area (Å²) in [7, 11) is 0. The SMILES string of the molecule is CCn1c(CCC(=O)N2CCC3(CCCCOC[C@H](C)NC(=O)[C@H](C)NC3=O)CC2)nc2ccccc21. The van der Waals surface area contributed by atoms with Crippen LogP contribution in [0.3, 0.4) is 0 Å². The Hall–Kier alpha value is -2.94. The van der Waals surface area contributed by atoms with Gasteiger partial charge in [-0.25, -0.2) is 4.98 Å². The summed E-state index contributed by atoms with van der Waals surface area (Å²) in [6.45, 7) is 8.69. The van der Waals surface area contributed by atoms with Gasteiger partial charge in [0.2, 0.25) is 17.7 Å². The van der Waals surface area contributed by atoms with E-state index in [1.807, 2.05) is 30.0 Å². The largest absolute Gasteiger partial charge is 0.379 e. The normalized spacial score (nSPS) is 23.6. The minimum atomic E-state index is -0.620. The van der Waals surface area contributed by atoms with E-state index in [0.717, 1.165) is 42.7 Å². The number of piperidine rings is 1. The van der Waals surface area contributed by atoms with E-state index in [4.69, 9.17) is 9.72 Å². The molecule has 2 saturated heterocycles. The van der Waals surface area contributed by atoms with Crippen LogP contribution in [0, 0.1) is 5.41 Å². The van der Waals surface area contributed by atoms with Gasteiger partial charge in [0, 0.05) is 45.1 Å². The van der Waals surface area contributed by atoms with Gasteiger partial charge in [0.05, 0.1) is 23.1 Å². The maximum Gasteiger partial charge on any atom is 0.242 e. The van der Waals surface area contributed by atoms with E-state index in [-0.39, 0.29) is 23.8 Å². The number of nitrogens with one attached hydrogen (secondary N) is 2. The Morgan fingerprint density at radius 1 is 1.11 bits per heavy atom. The van der Waals surface area contributed by atoms with E-state index in [2.05, 4.69) is 28.2 Å². The number of ether oxygens (including phenoxy) is 1. The highest BCUT2D eigenvalue weighted by Crippen LogP contribution is 2.37. The molecule has 1 aromatic carbocycles. The van der Waals surface area contributed by atoms with Crippen LogP contribution in [-0.4, -0.2) is 70.6 Å². The average Bonchev–Trinajstić information content (AvgIpc) is 3.26. The lowest BCUT2D eigenvalue weighted by molar-refractivity contribution is -0.142. The molecule has 202 valence electrons. The van der Waals surface area contributed by atoms with Gasteiger partial charge in [-0.2, -0.15) is 0 Å². The molecule has 2 aromatic rings. The predicted molar refractivity (Wildman–Crippen MR) is 142 cm³/mol. The molecule has 0 aliphatic carbocycles. The number of nitrogens with zero attached hydrogens (tertiary/aromatic N) is 3. The van der Waals surface area contributed by atoms with Crippen molar-refractivity contribution in [1.29, 1.82) is 0 Å². The number of hydrogen-bond acceptors (Lipinski definition) is 5. The molecule has 2 aliphatic rings. The minimum absolute atomic E-state index is 0.0771. The van der Waals surface area contributed by atoms with Crippen molar-refractivity contribution in [2.75, 3.05) is 26.3 Å². The van der Waals surface area contributed by atoms with Gasteiger partial charge in [0.15, 0.2) is 0 Å². The molecule has 9 heteroatoms. The van der Waals surface area contributed by atoms with Crippen LogP contribution in [0.1, 0.15) is 65.1 Å². The van der Waals surface area contributed by atoms with Crippen LogP contribution in [0.2, 0.25) is 0 Å². The van der Waals surface area contributed by atoms with Crippen LogP contribution in [0.4, 0.5) is 0 Å². The maximum absolute atomic E-state index is 13.4. The van der Waals surface area contributed by atoms with Gasteiger partial charge in [-0.3, -0.25) is 14.4 Å². The molecule has 0 unspecified atom stereocenters. The predicted octanol–water partition coefficient (Wildman–Crippen LogP) is 2.81. The zero-order chi connectivity index (χ0) is 26.4. The number of aromatic nitrogens is 2. The summed E-state index contributed by atoms with van der Waals surface area (Å²) in [5, 5.41) is 5.87. The monoisotopic (exact) mass is 511 g/mol. The Kier molecular flexibility index (Phi) is 8.84. The minimum Gasteiger partial charge on any atom is -0.379 e. The second-order valence-corrected chi connectivity index (χ2v) is 10.6. The smallest absolute Gasteiger partial charge is 0.242 e. The van der Waals surface area contributed by atoms with Gasteiger partial charge in [-0.05, 0) is 58.6 Å². The molecule has 9 nitrogen and oxygen atoms in total. The second-order valence-electron chi connectivity index (χ2n) is 10.6. The van der Waals surface area contributed by atoms with Gasteiger partial charge in [-0.1, -0.05) is 18.6 Å². The van der Waals surface area contributed by atoms with Gasteiger partial charge < -0.3 is 24.8 Å². The highest BCUT2D eigenvalue weighted by molar-refractivity contribution is 5.90. The quantitative estimate of drug-likeness (QED) is 0.657. The van der Waals surface area contributed by atoms with E-state index in [1.54, 1.807) is 6.92 Å². The number of imidazole rings is 1. The van der Waals surface area contributed by atoms with Crippen molar-refractivity contribution in [3.8, 4) is 0 Å². The topological polar surface area (TPSA) is 106 Å². The molecule has 37 heavy (non-hydrogen) atoms. The molecular formula is C28H41N5O4. The lowest BCUT2D eigenvalue weighted by atomic mass is 9.73. The standard InChI is InChI=1S/C28H41N5O4/c1-4-33-23-10-6-5-9-22(23)31-24(33)11-12-25(34)32-16-14-28(15-17-32)13-7-8-18-37-19-20(2)29-26(35)21(3)30-27(28)36/h5-6,9-10,20-21H,4,7-8,11-19H2,1-3H3,(H,29,35)(H,30,36)/t20-,21-/m0/s1. The third kappa shape index (κ3) is 6.32. The van der Waals surface area contributed by atoms with Crippen LogP contribution >= 0.6 is 0 Å². The van der Waals surface area contributed by atoms with Gasteiger partial charge in [-0.15, -0.1) is 0 Å². The molecule has 3 amide bonds. The van der Waals surface area contributed by atoms with Crippen molar-refractivity contribution in [2.24, 2.45) is 5.41 Å². The summed E-state index contributed by atoms with van der Waals surface area (Å²) < 4.78 is 7.89. The zero-order valence-corrected chi connectivity index (χ0v) is 22.4. The number of carbonyl (C=O) groups excluding carboxylic acids is 3. The number of benzene rings is 1. The van der Waals surface area contributed by atoms with Crippen LogP contribution in [0.15, 0.2) is 24.3 Å². The first-order valence-electron chi connectivity index (χ1n) is 13.7. The summed E-state index contributed by atoms with van der Waals surface area (Å²) >= 11 is 0. The Labute approximate surface area is 219 Å². The highest BCUT2D eigenvalue weighted by Gasteiger charge is 2.42. The van der Waals surface area contributed by atoms with Gasteiger partial charge in [0.25, 0.3) is 0 Å². The number of aryl methyl sites for hydroxylation is 2. The summed E-state index contributed by atoms with van der Waals surface area (Å²) in [6.07, 6.45) is 4.66. The Bertz CT molecular complexity index is 1110. The number of likely N-dealkylation sites (tertiary alicyclic amines) is 1. The first kappa shape index (κ1) is 27.1. The first-order chi connectivity index (χ1) is 17.8. The number of hydrogen-bond donors (Lipinski definition) is 2. The molecule has 1 spiro atoms. The summed E-state index contributed by atoms with van der Waals surface area (Å²) in [5.41, 5.74) is 1.49. The Morgan fingerprint density at radius 2 is 1.86 bits per heavy atom. The molecule has 0 radical (unpaired) electrons. The third-order valence-electron chi connectivity index (χ3n) is 7.86. The number of fused-ring (bicyclic) bond motifs is 1. The fourth-order valence-electron chi connectivity index (χ4n) is 5.57. The van der Waals surface area contributed by atoms with E-state index in [1.165, 1.54) is 0 Å². The highest BCUT2D eigenvalue weighted by atomic mass is 16.5. The van der Waals surface area contributed by atoms with Crippen molar-refractivity contribution >= 4 is 28.8 Å². The van der Waals surface area contributed by atoms with Crippen molar-refractivity contribution in [3.63, 3.8) is 0 Å². The molecule has 2 atom stereocenters. The molecular weight excluding hydrogens is 470 g/mol. The van der Waals surface area contributed by atoms with Crippen molar-refractivity contribution in [3.05, 3.63) is 30.1 Å². The number of para-hydroxylation sites is 2. The van der Waals surface area contributed by atoms with Crippen LogP contribution in [-0.2, 0) is 32.1 Å². The molecule has 0 saturated carbocycles. The van der Waals surface area contributed by atoms with Gasteiger partial charge in [0.1, 0.15) is 11.9 Å². The van der Waals surface area contributed by atoms with Gasteiger partial charge >= 0.3 is 0 Å². The molecule has 2 N–H and O–H groups in total. The van der Waals surface area contributed by atoms with E-state index < -0.39 is 11.5 Å². The fourth-order valence-corrected chi connectivity index (χ4v) is 5.57. The Balaban J connectivity index is 1.38. The molecule has 1 aromatic heterocycles. The van der Waals surface area contributed by atoms with Crippen molar-refractivity contribution in [2.45, 2.75) is 84.3 Å².